The van der Waals surface area contributed by atoms with Gasteiger partial charge in [0.05, 0.1) is 18.2 Å². The van der Waals surface area contributed by atoms with E-state index in [0.29, 0.717) is 22.3 Å². The van der Waals surface area contributed by atoms with Crippen LogP contribution in [0, 0.1) is 10.1 Å². The molecule has 0 aliphatic rings. The van der Waals surface area contributed by atoms with E-state index in [9.17, 15) is 14.9 Å². The standard InChI is InChI=1S/C18H13N5O4/c1-27-13-6-7-15-14(8-13)16-17(21-15)18(24)22(10-19-16)20-9-11-2-4-12(5-3-11)23(25)26/h2-10,21H,1H3/b20-9-. The molecular formula is C18H13N5O4. The molecule has 9 nitrogen and oxygen atoms in total. The fourth-order valence-corrected chi connectivity index (χ4v) is 2.75. The second kappa shape index (κ2) is 6.37. The van der Waals surface area contributed by atoms with Crippen molar-refractivity contribution in [3.63, 3.8) is 0 Å². The predicted molar refractivity (Wildman–Crippen MR) is 101 cm³/mol. The molecule has 0 saturated carbocycles. The number of non-ortho nitro benzene ring substituents is 1. The highest BCUT2D eigenvalue weighted by atomic mass is 16.6. The van der Waals surface area contributed by atoms with Crippen LogP contribution in [0.25, 0.3) is 21.9 Å². The molecule has 2 heterocycles. The number of nitro benzene ring substituents is 1. The number of nitro groups is 1. The summed E-state index contributed by atoms with van der Waals surface area (Å²) < 4.78 is 6.32. The van der Waals surface area contributed by atoms with Crippen molar-refractivity contribution >= 4 is 33.8 Å². The van der Waals surface area contributed by atoms with Crippen LogP contribution < -0.4 is 10.3 Å². The first kappa shape index (κ1) is 16.5. The first-order valence-electron chi connectivity index (χ1n) is 7.93. The van der Waals surface area contributed by atoms with E-state index >= 15 is 0 Å². The van der Waals surface area contributed by atoms with Crippen LogP contribution in [0.15, 0.2) is 58.7 Å². The summed E-state index contributed by atoms with van der Waals surface area (Å²) in [5, 5.41) is 15.6. The van der Waals surface area contributed by atoms with Gasteiger partial charge in [0.15, 0.2) is 0 Å². The quantitative estimate of drug-likeness (QED) is 0.340. The van der Waals surface area contributed by atoms with E-state index in [0.717, 1.165) is 15.6 Å². The van der Waals surface area contributed by atoms with Crippen LogP contribution in [-0.4, -0.2) is 32.9 Å². The minimum Gasteiger partial charge on any atom is -0.497 e. The largest absolute Gasteiger partial charge is 0.497 e. The Kier molecular flexibility index (Phi) is 3.88. The first-order chi connectivity index (χ1) is 13.1. The minimum atomic E-state index is -0.478. The van der Waals surface area contributed by atoms with Gasteiger partial charge in [-0.25, -0.2) is 4.98 Å². The minimum absolute atomic E-state index is 0.0130. The SMILES string of the molecule is COc1ccc2[nH]c3c(=O)n(/N=C\c4ccc([N+](=O)[O-])cc4)cnc3c2c1. The zero-order chi connectivity index (χ0) is 19.0. The third-order valence-electron chi connectivity index (χ3n) is 4.13. The summed E-state index contributed by atoms with van der Waals surface area (Å²) in [7, 11) is 1.57. The highest BCUT2D eigenvalue weighted by Crippen LogP contribution is 2.25. The number of methoxy groups -OCH3 is 1. The van der Waals surface area contributed by atoms with Gasteiger partial charge in [-0.1, -0.05) is 0 Å². The highest BCUT2D eigenvalue weighted by Gasteiger charge is 2.11. The second-order valence-corrected chi connectivity index (χ2v) is 5.75. The van der Waals surface area contributed by atoms with Crippen molar-refractivity contribution in [1.82, 2.24) is 14.6 Å². The number of fused-ring (bicyclic) bond motifs is 3. The number of nitrogens with zero attached hydrogens (tertiary/aromatic N) is 4. The van der Waals surface area contributed by atoms with Crippen molar-refractivity contribution in [3.8, 4) is 5.75 Å². The molecule has 0 atom stereocenters. The summed E-state index contributed by atoms with van der Waals surface area (Å²) in [4.78, 5) is 30.3. The van der Waals surface area contributed by atoms with Gasteiger partial charge in [-0.2, -0.15) is 9.78 Å². The van der Waals surface area contributed by atoms with Gasteiger partial charge in [-0.05, 0) is 35.9 Å². The number of H-pyrrole nitrogens is 1. The lowest BCUT2D eigenvalue weighted by molar-refractivity contribution is -0.384. The number of rotatable bonds is 4. The van der Waals surface area contributed by atoms with Gasteiger partial charge in [0.2, 0.25) is 0 Å². The summed E-state index contributed by atoms with van der Waals surface area (Å²) in [6.07, 6.45) is 2.77. The van der Waals surface area contributed by atoms with Gasteiger partial charge < -0.3 is 9.72 Å². The van der Waals surface area contributed by atoms with E-state index in [1.807, 2.05) is 12.1 Å². The maximum absolute atomic E-state index is 12.7. The van der Waals surface area contributed by atoms with Crippen molar-refractivity contribution in [2.75, 3.05) is 7.11 Å². The lowest BCUT2D eigenvalue weighted by atomic mass is 10.2. The average Bonchev–Trinajstić information content (AvgIpc) is 3.06. The van der Waals surface area contributed by atoms with E-state index in [2.05, 4.69) is 15.1 Å². The Bertz CT molecular complexity index is 1250. The van der Waals surface area contributed by atoms with Gasteiger partial charge in [0, 0.05) is 23.0 Å². The Morgan fingerprint density at radius 2 is 2.04 bits per heavy atom. The summed E-state index contributed by atoms with van der Waals surface area (Å²) in [5.41, 5.74) is 1.90. The Morgan fingerprint density at radius 3 is 2.74 bits per heavy atom. The van der Waals surface area contributed by atoms with Gasteiger partial charge >= 0.3 is 0 Å². The summed E-state index contributed by atoms with van der Waals surface area (Å²) >= 11 is 0. The first-order valence-corrected chi connectivity index (χ1v) is 7.93. The molecule has 27 heavy (non-hydrogen) atoms. The third kappa shape index (κ3) is 2.91. The van der Waals surface area contributed by atoms with Crippen molar-refractivity contribution in [3.05, 3.63) is 74.8 Å². The predicted octanol–water partition coefficient (Wildman–Crippen LogP) is 2.68. The Morgan fingerprint density at radius 1 is 1.26 bits per heavy atom. The van der Waals surface area contributed by atoms with Crippen LogP contribution in [-0.2, 0) is 0 Å². The number of nitrogens with one attached hydrogen (secondary N) is 1. The molecule has 0 bridgehead atoms. The molecule has 0 radical (unpaired) electrons. The zero-order valence-corrected chi connectivity index (χ0v) is 14.1. The Balaban J connectivity index is 1.74. The average molecular weight is 363 g/mol. The number of aromatic nitrogens is 3. The summed E-state index contributed by atoms with van der Waals surface area (Å²) in [6, 6.07) is 11.3. The monoisotopic (exact) mass is 363 g/mol. The van der Waals surface area contributed by atoms with Crippen LogP contribution in [0.5, 0.6) is 5.75 Å². The van der Waals surface area contributed by atoms with Crippen molar-refractivity contribution in [1.29, 1.82) is 0 Å². The van der Waals surface area contributed by atoms with Crippen LogP contribution in [0.3, 0.4) is 0 Å². The lowest BCUT2D eigenvalue weighted by Crippen LogP contribution is -2.17. The van der Waals surface area contributed by atoms with E-state index in [1.54, 1.807) is 25.3 Å². The number of ether oxygens (including phenoxy) is 1. The lowest BCUT2D eigenvalue weighted by Gasteiger charge is -1.99. The number of hydrogen-bond acceptors (Lipinski definition) is 6. The van der Waals surface area contributed by atoms with Crippen LogP contribution in [0.2, 0.25) is 0 Å². The number of aromatic amines is 1. The summed E-state index contributed by atoms with van der Waals surface area (Å²) in [5.74, 6) is 0.672. The van der Waals surface area contributed by atoms with E-state index in [-0.39, 0.29) is 11.2 Å². The smallest absolute Gasteiger partial charge is 0.298 e. The van der Waals surface area contributed by atoms with Crippen LogP contribution in [0.4, 0.5) is 5.69 Å². The molecule has 9 heteroatoms. The number of benzene rings is 2. The molecule has 0 unspecified atom stereocenters. The van der Waals surface area contributed by atoms with Crippen LogP contribution >= 0.6 is 0 Å². The molecule has 0 spiro atoms. The molecule has 2 aromatic carbocycles. The zero-order valence-electron chi connectivity index (χ0n) is 14.1. The molecule has 0 aliphatic carbocycles. The highest BCUT2D eigenvalue weighted by molar-refractivity contribution is 6.04. The maximum atomic E-state index is 12.7. The Labute approximate surface area is 151 Å². The molecule has 0 saturated heterocycles. The van der Waals surface area contributed by atoms with E-state index in [1.165, 1.54) is 24.7 Å². The van der Waals surface area contributed by atoms with E-state index in [4.69, 9.17) is 4.74 Å². The molecular weight excluding hydrogens is 350 g/mol. The molecule has 2 aromatic heterocycles. The van der Waals surface area contributed by atoms with Gasteiger partial charge in [0.25, 0.3) is 11.2 Å². The molecule has 0 aliphatic heterocycles. The summed E-state index contributed by atoms with van der Waals surface area (Å²) in [6.45, 7) is 0. The molecule has 4 rings (SSSR count). The van der Waals surface area contributed by atoms with Crippen LogP contribution in [0.1, 0.15) is 5.56 Å². The Hall–Kier alpha value is -4.01. The van der Waals surface area contributed by atoms with E-state index < -0.39 is 4.92 Å². The molecule has 4 aromatic rings. The molecule has 134 valence electrons. The van der Waals surface area contributed by atoms with Gasteiger partial charge in [-0.15, -0.1) is 0 Å². The van der Waals surface area contributed by atoms with Gasteiger partial charge in [0.1, 0.15) is 23.1 Å². The maximum Gasteiger partial charge on any atom is 0.298 e. The van der Waals surface area contributed by atoms with Crippen molar-refractivity contribution in [2.45, 2.75) is 0 Å². The second-order valence-electron chi connectivity index (χ2n) is 5.75. The number of hydrogen-bond donors (Lipinski definition) is 1. The van der Waals surface area contributed by atoms with Crippen molar-refractivity contribution in [2.24, 2.45) is 5.10 Å². The fraction of sp³-hybridized carbons (Fsp3) is 0.0556. The molecule has 0 amide bonds. The normalized spacial score (nSPS) is 11.4. The topological polar surface area (TPSA) is 115 Å². The van der Waals surface area contributed by atoms with Gasteiger partial charge in [-0.3, -0.25) is 14.9 Å². The fourth-order valence-electron chi connectivity index (χ4n) is 2.75. The molecule has 0 fully saturated rings. The molecule has 1 N–H and O–H groups in total. The van der Waals surface area contributed by atoms with Crippen molar-refractivity contribution < 1.29 is 9.66 Å². The third-order valence-corrected chi connectivity index (χ3v) is 4.13.